The van der Waals surface area contributed by atoms with Crippen molar-refractivity contribution in [3.05, 3.63) is 53.0 Å². The molecule has 6 heteroatoms. The molecule has 2 aromatic carbocycles. The quantitative estimate of drug-likeness (QED) is 0.933. The minimum Gasteiger partial charge on any atom is -0.508 e. The van der Waals surface area contributed by atoms with Crippen LogP contribution in [0, 0.1) is 0 Å². The molecule has 2 rings (SSSR count). The van der Waals surface area contributed by atoms with Crippen LogP contribution in [0.25, 0.3) is 0 Å². The van der Waals surface area contributed by atoms with E-state index in [2.05, 4.69) is 15.9 Å². The first-order chi connectivity index (χ1) is 8.91. The normalized spacial score (nSPS) is 11.3. The standard InChI is InChI=1S/C13H12BrNO3S/c1-15(11-3-2-4-12(16)9-11)19(17,18)13-7-5-10(14)6-8-13/h2-9,16H,1H3. The second-order valence-corrected chi connectivity index (χ2v) is 6.83. The number of nitrogens with zero attached hydrogens (tertiary/aromatic N) is 1. The predicted octanol–water partition coefficient (Wildman–Crippen LogP) is 2.98. The molecule has 2 aromatic rings. The molecule has 0 amide bonds. The average molecular weight is 342 g/mol. The Hall–Kier alpha value is -1.53. The number of benzene rings is 2. The van der Waals surface area contributed by atoms with E-state index in [-0.39, 0.29) is 10.6 Å². The summed E-state index contributed by atoms with van der Waals surface area (Å²) in [5.41, 5.74) is 0.405. The summed E-state index contributed by atoms with van der Waals surface area (Å²) in [6.07, 6.45) is 0. The van der Waals surface area contributed by atoms with E-state index < -0.39 is 10.0 Å². The summed E-state index contributed by atoms with van der Waals surface area (Å²) in [4.78, 5) is 0.196. The van der Waals surface area contributed by atoms with Crippen molar-refractivity contribution in [2.24, 2.45) is 0 Å². The lowest BCUT2D eigenvalue weighted by Gasteiger charge is -2.19. The SMILES string of the molecule is CN(c1cccc(O)c1)S(=O)(=O)c1ccc(Br)cc1. The van der Waals surface area contributed by atoms with E-state index in [0.717, 1.165) is 8.78 Å². The van der Waals surface area contributed by atoms with Gasteiger partial charge in [-0.05, 0) is 36.4 Å². The van der Waals surface area contributed by atoms with Crippen LogP contribution in [0.1, 0.15) is 0 Å². The van der Waals surface area contributed by atoms with Gasteiger partial charge in [0, 0.05) is 17.6 Å². The molecule has 19 heavy (non-hydrogen) atoms. The Labute approximate surface area is 120 Å². The van der Waals surface area contributed by atoms with Crippen molar-refractivity contribution in [3.63, 3.8) is 0 Å². The van der Waals surface area contributed by atoms with Gasteiger partial charge < -0.3 is 5.11 Å². The topological polar surface area (TPSA) is 57.6 Å². The van der Waals surface area contributed by atoms with Crippen molar-refractivity contribution >= 4 is 31.6 Å². The van der Waals surface area contributed by atoms with Gasteiger partial charge in [0.15, 0.2) is 0 Å². The largest absolute Gasteiger partial charge is 0.508 e. The van der Waals surface area contributed by atoms with Crippen LogP contribution in [0.5, 0.6) is 5.75 Å². The third-order valence-corrected chi connectivity index (χ3v) is 4.99. The van der Waals surface area contributed by atoms with Gasteiger partial charge in [-0.25, -0.2) is 8.42 Å². The lowest BCUT2D eigenvalue weighted by molar-refractivity contribution is 0.475. The highest BCUT2D eigenvalue weighted by Crippen LogP contribution is 2.25. The van der Waals surface area contributed by atoms with E-state index in [4.69, 9.17) is 0 Å². The average Bonchev–Trinajstić information content (AvgIpc) is 2.38. The third-order valence-electron chi connectivity index (χ3n) is 2.67. The summed E-state index contributed by atoms with van der Waals surface area (Å²) in [6, 6.07) is 12.5. The fraction of sp³-hybridized carbons (Fsp3) is 0.0769. The molecule has 0 heterocycles. The highest BCUT2D eigenvalue weighted by molar-refractivity contribution is 9.10. The molecule has 1 N–H and O–H groups in total. The van der Waals surface area contributed by atoms with E-state index in [1.54, 1.807) is 24.3 Å². The van der Waals surface area contributed by atoms with E-state index >= 15 is 0 Å². The molecule has 0 saturated carbocycles. The number of hydrogen-bond acceptors (Lipinski definition) is 3. The van der Waals surface area contributed by atoms with Crippen LogP contribution in [0.2, 0.25) is 0 Å². The van der Waals surface area contributed by atoms with Crippen molar-refractivity contribution < 1.29 is 13.5 Å². The van der Waals surface area contributed by atoms with Gasteiger partial charge in [0.2, 0.25) is 0 Å². The van der Waals surface area contributed by atoms with Gasteiger partial charge in [-0.2, -0.15) is 0 Å². The van der Waals surface area contributed by atoms with Gasteiger partial charge in [-0.1, -0.05) is 22.0 Å². The van der Waals surface area contributed by atoms with Crippen LogP contribution in [-0.2, 0) is 10.0 Å². The highest BCUT2D eigenvalue weighted by Gasteiger charge is 2.21. The number of aromatic hydroxyl groups is 1. The van der Waals surface area contributed by atoms with Gasteiger partial charge in [0.1, 0.15) is 5.75 Å². The van der Waals surface area contributed by atoms with Crippen LogP contribution in [-0.4, -0.2) is 20.6 Å². The molecule has 0 bridgehead atoms. The second kappa shape index (κ2) is 5.22. The molecule has 0 aliphatic heterocycles. The van der Waals surface area contributed by atoms with Crippen molar-refractivity contribution in [3.8, 4) is 5.75 Å². The van der Waals surface area contributed by atoms with Crippen LogP contribution >= 0.6 is 15.9 Å². The van der Waals surface area contributed by atoms with E-state index in [1.165, 1.54) is 31.3 Å². The Morgan fingerprint density at radius 3 is 2.32 bits per heavy atom. The fourth-order valence-electron chi connectivity index (χ4n) is 1.59. The monoisotopic (exact) mass is 341 g/mol. The number of phenolic OH excluding ortho intramolecular Hbond substituents is 1. The van der Waals surface area contributed by atoms with Crippen molar-refractivity contribution in [1.29, 1.82) is 0 Å². The summed E-state index contributed by atoms with van der Waals surface area (Å²) >= 11 is 3.26. The maximum Gasteiger partial charge on any atom is 0.264 e. The lowest BCUT2D eigenvalue weighted by atomic mass is 10.3. The maximum absolute atomic E-state index is 12.4. The van der Waals surface area contributed by atoms with Gasteiger partial charge in [-0.15, -0.1) is 0 Å². The van der Waals surface area contributed by atoms with Gasteiger partial charge >= 0.3 is 0 Å². The number of hydrogen-bond donors (Lipinski definition) is 1. The first-order valence-corrected chi connectivity index (χ1v) is 7.68. The summed E-state index contributed by atoms with van der Waals surface area (Å²) in [6.45, 7) is 0. The molecular weight excluding hydrogens is 330 g/mol. The molecule has 100 valence electrons. The molecule has 0 spiro atoms. The molecule has 0 fully saturated rings. The molecular formula is C13H12BrNO3S. The van der Waals surface area contributed by atoms with Gasteiger partial charge in [-0.3, -0.25) is 4.31 Å². The van der Waals surface area contributed by atoms with Crippen molar-refractivity contribution in [2.45, 2.75) is 4.90 Å². The molecule has 0 aliphatic rings. The van der Waals surface area contributed by atoms with Crippen LogP contribution in [0.3, 0.4) is 0 Å². The molecule has 0 saturated heterocycles. The lowest BCUT2D eigenvalue weighted by Crippen LogP contribution is -2.26. The number of halogens is 1. The Kier molecular flexibility index (Phi) is 3.82. The number of rotatable bonds is 3. The molecule has 0 aliphatic carbocycles. The Morgan fingerprint density at radius 1 is 1.11 bits per heavy atom. The van der Waals surface area contributed by atoms with Gasteiger partial charge in [0.25, 0.3) is 10.0 Å². The number of phenols is 1. The summed E-state index contributed by atoms with van der Waals surface area (Å²) in [7, 11) is -2.17. The van der Waals surface area contributed by atoms with Crippen LogP contribution in [0.15, 0.2) is 57.9 Å². The number of sulfonamides is 1. The molecule has 4 nitrogen and oxygen atoms in total. The first kappa shape index (κ1) is 13.9. The van der Waals surface area contributed by atoms with Gasteiger partial charge in [0.05, 0.1) is 10.6 Å². The zero-order valence-electron chi connectivity index (χ0n) is 10.1. The minimum atomic E-state index is -3.62. The van der Waals surface area contributed by atoms with Crippen LogP contribution < -0.4 is 4.31 Å². The van der Waals surface area contributed by atoms with E-state index in [0.29, 0.717) is 5.69 Å². The Balaban J connectivity index is 2.42. The third kappa shape index (κ3) is 2.90. The zero-order valence-corrected chi connectivity index (χ0v) is 12.5. The Bertz CT molecular complexity index is 683. The van der Waals surface area contributed by atoms with Crippen molar-refractivity contribution in [1.82, 2.24) is 0 Å². The maximum atomic E-state index is 12.4. The smallest absolute Gasteiger partial charge is 0.264 e. The summed E-state index contributed by atoms with van der Waals surface area (Å²) in [5.74, 6) is 0.0235. The minimum absolute atomic E-state index is 0.0235. The van der Waals surface area contributed by atoms with Crippen molar-refractivity contribution in [2.75, 3.05) is 11.4 Å². The summed E-state index contributed by atoms with van der Waals surface area (Å²) in [5, 5.41) is 9.41. The van der Waals surface area contributed by atoms with E-state index in [9.17, 15) is 13.5 Å². The van der Waals surface area contributed by atoms with E-state index in [1.807, 2.05) is 0 Å². The molecule has 0 unspecified atom stereocenters. The fourth-order valence-corrected chi connectivity index (χ4v) is 3.04. The zero-order chi connectivity index (χ0) is 14.0. The molecule has 0 atom stereocenters. The Morgan fingerprint density at radius 2 is 1.74 bits per heavy atom. The first-order valence-electron chi connectivity index (χ1n) is 5.45. The highest BCUT2D eigenvalue weighted by atomic mass is 79.9. The molecule has 0 aromatic heterocycles. The second-order valence-electron chi connectivity index (χ2n) is 3.95. The van der Waals surface area contributed by atoms with Crippen LogP contribution in [0.4, 0.5) is 5.69 Å². The number of anilines is 1. The predicted molar refractivity (Wildman–Crippen MR) is 77.8 cm³/mol. The summed E-state index contributed by atoms with van der Waals surface area (Å²) < 4.78 is 26.7. The molecule has 0 radical (unpaired) electrons.